The zero-order chi connectivity index (χ0) is 7.44. The molecule has 0 aromatic carbocycles. The predicted octanol–water partition coefficient (Wildman–Crippen LogP) is -2.41. The molecular formula is C6H13NaO3. The first-order valence-electron chi connectivity index (χ1n) is 2.95. The summed E-state index contributed by atoms with van der Waals surface area (Å²) in [4.78, 5) is 9.98. The van der Waals surface area contributed by atoms with Crippen molar-refractivity contribution in [3.63, 3.8) is 0 Å². The minimum Gasteiger partial charge on any atom is -1.00 e. The fourth-order valence-electron chi connectivity index (χ4n) is 0.547. The molecule has 0 heterocycles. The van der Waals surface area contributed by atoms with E-state index >= 15 is 0 Å². The molecule has 0 aliphatic carbocycles. The Hall–Kier alpha value is 0.430. The molecule has 10 heavy (non-hydrogen) atoms. The van der Waals surface area contributed by atoms with Crippen molar-refractivity contribution in [2.75, 3.05) is 0 Å². The van der Waals surface area contributed by atoms with Crippen molar-refractivity contribution in [3.05, 3.63) is 0 Å². The maximum absolute atomic E-state index is 9.98. The van der Waals surface area contributed by atoms with Crippen LogP contribution in [0.4, 0.5) is 0 Å². The number of rotatable bonds is 3. The van der Waals surface area contributed by atoms with Gasteiger partial charge in [0, 0.05) is 0 Å². The molecule has 0 aliphatic rings. The van der Waals surface area contributed by atoms with E-state index in [1.807, 2.05) is 13.8 Å². The van der Waals surface area contributed by atoms with Crippen LogP contribution in [0.5, 0.6) is 0 Å². The summed E-state index contributed by atoms with van der Waals surface area (Å²) in [6.07, 6.45) is -0.861. The van der Waals surface area contributed by atoms with Crippen molar-refractivity contribution < 1.29 is 46.0 Å². The summed E-state index contributed by atoms with van der Waals surface area (Å²) in [5.74, 6) is -0.903. The molecule has 56 valence electrons. The van der Waals surface area contributed by atoms with E-state index in [0.29, 0.717) is 6.42 Å². The maximum Gasteiger partial charge on any atom is 1.00 e. The topological polar surface area (TPSA) is 57.5 Å². The minimum absolute atomic E-state index is 0. The number of carboxylic acid groups (broad SMARTS) is 1. The second kappa shape index (κ2) is 6.16. The molecule has 0 rings (SSSR count). The number of aliphatic hydroxyl groups is 1. The zero-order valence-corrected chi connectivity index (χ0v) is 8.66. The van der Waals surface area contributed by atoms with Gasteiger partial charge in [0.25, 0.3) is 0 Å². The molecule has 0 amide bonds. The smallest absolute Gasteiger partial charge is 1.00 e. The quantitative estimate of drug-likeness (QED) is 0.448. The molecule has 0 radical (unpaired) electrons. The number of carbonyl (C=O) groups is 1. The van der Waals surface area contributed by atoms with Crippen LogP contribution in [0, 0.1) is 5.92 Å². The van der Waals surface area contributed by atoms with Crippen molar-refractivity contribution in [2.45, 2.75) is 26.4 Å². The molecule has 0 aromatic heterocycles. The molecule has 0 aromatic rings. The maximum atomic E-state index is 9.98. The summed E-state index contributed by atoms with van der Waals surface area (Å²) >= 11 is 0. The van der Waals surface area contributed by atoms with Crippen LogP contribution in [0.2, 0.25) is 0 Å². The van der Waals surface area contributed by atoms with Crippen molar-refractivity contribution in [2.24, 2.45) is 5.92 Å². The largest absolute Gasteiger partial charge is 1.00 e. The summed E-state index contributed by atoms with van der Waals surface area (Å²) in [6, 6.07) is 0. The van der Waals surface area contributed by atoms with Gasteiger partial charge in [0.15, 0.2) is 6.10 Å². The molecule has 0 saturated carbocycles. The minimum atomic E-state index is -1.19. The normalized spacial score (nSPS) is 12.4. The molecule has 2 N–H and O–H groups in total. The third-order valence-corrected chi connectivity index (χ3v) is 0.980. The fourth-order valence-corrected chi connectivity index (χ4v) is 0.547. The van der Waals surface area contributed by atoms with Crippen molar-refractivity contribution in [1.29, 1.82) is 0 Å². The number of hydrogen-bond donors (Lipinski definition) is 2. The first-order valence-corrected chi connectivity index (χ1v) is 2.95. The molecule has 0 saturated heterocycles. The second-order valence-corrected chi connectivity index (χ2v) is 2.48. The first-order chi connectivity index (χ1) is 4.04. The van der Waals surface area contributed by atoms with Gasteiger partial charge < -0.3 is 11.6 Å². The van der Waals surface area contributed by atoms with E-state index in [1.54, 1.807) is 0 Å². The number of carboxylic acids is 1. The molecule has 4 heteroatoms. The Balaban J connectivity index is -0.000000320. The van der Waals surface area contributed by atoms with Crippen LogP contribution in [0.25, 0.3) is 0 Å². The number of aliphatic hydroxyl groups excluding tert-OH is 1. The second-order valence-electron chi connectivity index (χ2n) is 2.48. The molecule has 0 spiro atoms. The van der Waals surface area contributed by atoms with E-state index in [-0.39, 0.29) is 36.9 Å². The van der Waals surface area contributed by atoms with Gasteiger partial charge in [-0.1, -0.05) is 13.8 Å². The summed E-state index contributed by atoms with van der Waals surface area (Å²) in [5.41, 5.74) is 0. The van der Waals surface area contributed by atoms with Crippen LogP contribution < -0.4 is 29.6 Å². The molecule has 0 aliphatic heterocycles. The van der Waals surface area contributed by atoms with E-state index in [4.69, 9.17) is 10.2 Å². The van der Waals surface area contributed by atoms with E-state index in [1.165, 1.54) is 0 Å². The fraction of sp³-hybridized carbons (Fsp3) is 0.833. The van der Waals surface area contributed by atoms with Crippen LogP contribution in [0.1, 0.15) is 21.7 Å². The van der Waals surface area contributed by atoms with Crippen LogP contribution in [-0.4, -0.2) is 22.3 Å². The third-order valence-electron chi connectivity index (χ3n) is 0.980. The molecule has 3 nitrogen and oxygen atoms in total. The van der Waals surface area contributed by atoms with Gasteiger partial charge in [0.2, 0.25) is 0 Å². The first kappa shape index (κ1) is 13.1. The van der Waals surface area contributed by atoms with Gasteiger partial charge in [-0.3, -0.25) is 0 Å². The Bertz CT molecular complexity index is 108. The third kappa shape index (κ3) is 6.55. The number of aliphatic carboxylic acids is 1. The Morgan fingerprint density at radius 1 is 1.60 bits per heavy atom. The van der Waals surface area contributed by atoms with E-state index in [0.717, 1.165) is 0 Å². The monoisotopic (exact) mass is 156 g/mol. The zero-order valence-electron chi connectivity index (χ0n) is 7.66. The Labute approximate surface area is 84.2 Å². The summed E-state index contributed by atoms with van der Waals surface area (Å²) in [5, 5.41) is 16.9. The van der Waals surface area contributed by atoms with Crippen molar-refractivity contribution in [3.8, 4) is 0 Å². The van der Waals surface area contributed by atoms with Gasteiger partial charge in [0.1, 0.15) is 0 Å². The van der Waals surface area contributed by atoms with Gasteiger partial charge in [-0.2, -0.15) is 0 Å². The Kier molecular flexibility index (Phi) is 8.04. The molecular weight excluding hydrogens is 143 g/mol. The summed E-state index contributed by atoms with van der Waals surface area (Å²) in [7, 11) is 0. The Morgan fingerprint density at radius 2 is 2.00 bits per heavy atom. The van der Waals surface area contributed by atoms with E-state index in [9.17, 15) is 4.79 Å². The molecule has 0 bridgehead atoms. The number of hydrogen-bond acceptors (Lipinski definition) is 2. The van der Waals surface area contributed by atoms with Gasteiger partial charge >= 0.3 is 35.5 Å². The molecule has 0 fully saturated rings. The predicted molar refractivity (Wildman–Crippen MR) is 34.2 cm³/mol. The van der Waals surface area contributed by atoms with Gasteiger partial charge in [-0.25, -0.2) is 4.79 Å². The van der Waals surface area contributed by atoms with Crippen LogP contribution in [0.15, 0.2) is 0 Å². The standard InChI is InChI=1S/C6H12O3.Na.H/c1-4(2)3-5(7)6(8)9;;/h4-5,7H,3H2,1-2H3,(H,8,9);;/q;+1;-1. The average Bonchev–Trinajstić information content (AvgIpc) is 1.63. The van der Waals surface area contributed by atoms with E-state index in [2.05, 4.69) is 0 Å². The van der Waals surface area contributed by atoms with Crippen LogP contribution >= 0.6 is 0 Å². The van der Waals surface area contributed by atoms with Crippen LogP contribution in [-0.2, 0) is 4.79 Å². The van der Waals surface area contributed by atoms with Gasteiger partial charge in [-0.15, -0.1) is 0 Å². The molecule has 1 unspecified atom stereocenters. The average molecular weight is 156 g/mol. The molecule has 1 atom stereocenters. The van der Waals surface area contributed by atoms with Gasteiger partial charge in [0.05, 0.1) is 0 Å². The summed E-state index contributed by atoms with van der Waals surface area (Å²) in [6.45, 7) is 3.73. The summed E-state index contributed by atoms with van der Waals surface area (Å²) < 4.78 is 0. The van der Waals surface area contributed by atoms with Crippen molar-refractivity contribution in [1.82, 2.24) is 0 Å². The van der Waals surface area contributed by atoms with Crippen molar-refractivity contribution >= 4 is 5.97 Å². The van der Waals surface area contributed by atoms with Gasteiger partial charge in [-0.05, 0) is 12.3 Å². The SMILES string of the molecule is CC(C)CC(O)C(=O)O.[H-].[Na+]. The Morgan fingerprint density at radius 3 is 2.10 bits per heavy atom. The van der Waals surface area contributed by atoms with E-state index < -0.39 is 12.1 Å². The van der Waals surface area contributed by atoms with Crippen LogP contribution in [0.3, 0.4) is 0 Å².